The Kier molecular flexibility index (Phi) is 5.00. The fraction of sp³-hybridized carbons (Fsp3) is 0.667. The summed E-state index contributed by atoms with van der Waals surface area (Å²) in [7, 11) is 4.13. The second kappa shape index (κ2) is 6.74. The van der Waals surface area contributed by atoms with E-state index >= 15 is 0 Å². The highest BCUT2D eigenvalue weighted by atomic mass is 15.1. The van der Waals surface area contributed by atoms with Crippen molar-refractivity contribution in [1.82, 2.24) is 9.88 Å². The van der Waals surface area contributed by atoms with Crippen LogP contribution in [0.2, 0.25) is 0 Å². The largest absolute Gasteiger partial charge is 0.373 e. The van der Waals surface area contributed by atoms with Gasteiger partial charge in [-0.3, -0.25) is 0 Å². The van der Waals surface area contributed by atoms with Gasteiger partial charge in [0, 0.05) is 20.1 Å². The average molecular weight is 247 g/mol. The highest BCUT2D eigenvalue weighted by molar-refractivity contribution is 5.34. The molecule has 3 nitrogen and oxygen atoms in total. The molecule has 1 heterocycles. The van der Waals surface area contributed by atoms with E-state index in [2.05, 4.69) is 34.4 Å². The predicted molar refractivity (Wildman–Crippen MR) is 76.7 cm³/mol. The fourth-order valence-corrected chi connectivity index (χ4v) is 2.86. The molecule has 1 fully saturated rings. The lowest BCUT2D eigenvalue weighted by atomic mass is 9.89. The molecule has 0 spiro atoms. The van der Waals surface area contributed by atoms with Gasteiger partial charge in [0.25, 0.3) is 0 Å². The van der Waals surface area contributed by atoms with Crippen molar-refractivity contribution in [3.8, 4) is 0 Å². The van der Waals surface area contributed by atoms with Crippen LogP contribution in [0.1, 0.15) is 37.8 Å². The Balaban J connectivity index is 1.83. The van der Waals surface area contributed by atoms with Crippen LogP contribution in [0.15, 0.2) is 18.2 Å². The maximum Gasteiger partial charge on any atom is 0.126 e. The molecular formula is C15H25N3. The van der Waals surface area contributed by atoms with E-state index in [-0.39, 0.29) is 0 Å². The standard InChI is InChI=1S/C15H25N3/c1-16-15-10-6-9-14(17-15)12-18(2)11-13-7-4-3-5-8-13/h6,9-10,13H,3-5,7-8,11-12H2,1-2H3,(H,16,17). The molecule has 0 radical (unpaired) electrons. The van der Waals surface area contributed by atoms with E-state index in [0.717, 1.165) is 24.0 Å². The molecule has 100 valence electrons. The normalized spacial score (nSPS) is 17.1. The molecule has 1 aliphatic rings. The number of anilines is 1. The van der Waals surface area contributed by atoms with Gasteiger partial charge in [0.15, 0.2) is 0 Å². The Morgan fingerprint density at radius 1 is 1.28 bits per heavy atom. The topological polar surface area (TPSA) is 28.2 Å². The minimum Gasteiger partial charge on any atom is -0.373 e. The van der Waals surface area contributed by atoms with Gasteiger partial charge in [-0.2, -0.15) is 0 Å². The quantitative estimate of drug-likeness (QED) is 0.866. The fourth-order valence-electron chi connectivity index (χ4n) is 2.86. The SMILES string of the molecule is CNc1cccc(CN(C)CC2CCCCC2)n1. The predicted octanol–water partition coefficient (Wildman–Crippen LogP) is 3.14. The van der Waals surface area contributed by atoms with Gasteiger partial charge in [-0.05, 0) is 37.9 Å². The minimum atomic E-state index is 0.899. The van der Waals surface area contributed by atoms with Crippen molar-refractivity contribution in [2.75, 3.05) is 26.0 Å². The Morgan fingerprint density at radius 2 is 2.06 bits per heavy atom. The molecule has 0 bridgehead atoms. The summed E-state index contributed by atoms with van der Waals surface area (Å²) < 4.78 is 0. The number of nitrogens with zero attached hydrogens (tertiary/aromatic N) is 2. The molecule has 1 N–H and O–H groups in total. The molecule has 1 aliphatic carbocycles. The summed E-state index contributed by atoms with van der Waals surface area (Å²) in [5.74, 6) is 1.86. The molecule has 0 saturated heterocycles. The zero-order chi connectivity index (χ0) is 12.8. The average Bonchev–Trinajstić information content (AvgIpc) is 2.40. The first-order valence-electron chi connectivity index (χ1n) is 7.10. The number of rotatable bonds is 5. The van der Waals surface area contributed by atoms with Gasteiger partial charge in [-0.25, -0.2) is 4.98 Å². The lowest BCUT2D eigenvalue weighted by Crippen LogP contribution is -2.27. The van der Waals surface area contributed by atoms with E-state index in [1.807, 2.05) is 13.1 Å². The number of pyridine rings is 1. The monoisotopic (exact) mass is 247 g/mol. The second-order valence-electron chi connectivity index (χ2n) is 5.46. The Bertz CT molecular complexity index is 359. The molecular weight excluding hydrogens is 222 g/mol. The van der Waals surface area contributed by atoms with Gasteiger partial charge >= 0.3 is 0 Å². The lowest BCUT2D eigenvalue weighted by Gasteiger charge is -2.26. The van der Waals surface area contributed by atoms with Crippen LogP contribution in [-0.2, 0) is 6.54 Å². The van der Waals surface area contributed by atoms with Crippen molar-refractivity contribution < 1.29 is 0 Å². The first kappa shape index (κ1) is 13.3. The van der Waals surface area contributed by atoms with Gasteiger partial charge in [-0.15, -0.1) is 0 Å². The summed E-state index contributed by atoms with van der Waals surface area (Å²) >= 11 is 0. The molecule has 1 saturated carbocycles. The molecule has 0 aromatic carbocycles. The highest BCUT2D eigenvalue weighted by Gasteiger charge is 2.15. The van der Waals surface area contributed by atoms with Gasteiger partial charge in [0.1, 0.15) is 5.82 Å². The van der Waals surface area contributed by atoms with E-state index in [4.69, 9.17) is 0 Å². The van der Waals surface area contributed by atoms with Crippen molar-refractivity contribution >= 4 is 5.82 Å². The number of nitrogens with one attached hydrogen (secondary N) is 1. The summed E-state index contributed by atoms with van der Waals surface area (Å²) in [6.07, 6.45) is 7.10. The molecule has 1 aromatic heterocycles. The number of hydrogen-bond acceptors (Lipinski definition) is 3. The molecule has 0 amide bonds. The molecule has 2 rings (SSSR count). The minimum absolute atomic E-state index is 0.899. The molecule has 0 atom stereocenters. The van der Waals surface area contributed by atoms with Crippen LogP contribution < -0.4 is 5.32 Å². The third kappa shape index (κ3) is 3.98. The smallest absolute Gasteiger partial charge is 0.126 e. The van der Waals surface area contributed by atoms with Crippen LogP contribution in [0, 0.1) is 5.92 Å². The molecule has 0 aliphatic heterocycles. The maximum atomic E-state index is 4.57. The maximum absolute atomic E-state index is 4.57. The second-order valence-corrected chi connectivity index (χ2v) is 5.46. The zero-order valence-corrected chi connectivity index (χ0v) is 11.7. The number of hydrogen-bond donors (Lipinski definition) is 1. The summed E-state index contributed by atoms with van der Waals surface area (Å²) in [4.78, 5) is 6.99. The first-order valence-corrected chi connectivity index (χ1v) is 7.10. The van der Waals surface area contributed by atoms with Crippen molar-refractivity contribution in [2.24, 2.45) is 5.92 Å². The Morgan fingerprint density at radius 3 is 2.78 bits per heavy atom. The van der Waals surface area contributed by atoms with Gasteiger partial charge < -0.3 is 10.2 Å². The van der Waals surface area contributed by atoms with Crippen molar-refractivity contribution in [3.05, 3.63) is 23.9 Å². The van der Waals surface area contributed by atoms with Crippen molar-refractivity contribution in [1.29, 1.82) is 0 Å². The van der Waals surface area contributed by atoms with E-state index in [1.165, 1.54) is 38.6 Å². The zero-order valence-electron chi connectivity index (χ0n) is 11.7. The van der Waals surface area contributed by atoms with Crippen LogP contribution >= 0.6 is 0 Å². The molecule has 18 heavy (non-hydrogen) atoms. The summed E-state index contributed by atoms with van der Waals surface area (Å²) in [5, 5.41) is 3.09. The lowest BCUT2D eigenvalue weighted by molar-refractivity contribution is 0.226. The van der Waals surface area contributed by atoms with Crippen molar-refractivity contribution in [3.63, 3.8) is 0 Å². The van der Waals surface area contributed by atoms with Crippen LogP contribution in [-0.4, -0.2) is 30.5 Å². The molecule has 1 aromatic rings. The van der Waals surface area contributed by atoms with Gasteiger partial charge in [0.05, 0.1) is 5.69 Å². The Hall–Kier alpha value is -1.09. The Labute approximate surface area is 111 Å². The van der Waals surface area contributed by atoms with Crippen LogP contribution in [0.25, 0.3) is 0 Å². The van der Waals surface area contributed by atoms with Gasteiger partial charge in [0.2, 0.25) is 0 Å². The van der Waals surface area contributed by atoms with E-state index < -0.39 is 0 Å². The number of aromatic nitrogens is 1. The van der Waals surface area contributed by atoms with Crippen molar-refractivity contribution in [2.45, 2.75) is 38.6 Å². The van der Waals surface area contributed by atoms with Crippen LogP contribution in [0.5, 0.6) is 0 Å². The highest BCUT2D eigenvalue weighted by Crippen LogP contribution is 2.24. The van der Waals surface area contributed by atoms with E-state index in [0.29, 0.717) is 0 Å². The summed E-state index contributed by atoms with van der Waals surface area (Å²) in [5.41, 5.74) is 1.15. The summed E-state index contributed by atoms with van der Waals surface area (Å²) in [6.45, 7) is 2.16. The van der Waals surface area contributed by atoms with Crippen LogP contribution in [0.4, 0.5) is 5.82 Å². The third-order valence-corrected chi connectivity index (χ3v) is 3.79. The van der Waals surface area contributed by atoms with E-state index in [9.17, 15) is 0 Å². The molecule has 0 unspecified atom stereocenters. The molecule has 3 heteroatoms. The van der Waals surface area contributed by atoms with Crippen LogP contribution in [0.3, 0.4) is 0 Å². The third-order valence-electron chi connectivity index (χ3n) is 3.79. The summed E-state index contributed by atoms with van der Waals surface area (Å²) in [6, 6.07) is 6.19. The first-order chi connectivity index (χ1) is 8.78. The van der Waals surface area contributed by atoms with E-state index in [1.54, 1.807) is 0 Å². The van der Waals surface area contributed by atoms with Gasteiger partial charge in [-0.1, -0.05) is 25.3 Å².